The molecular weight excluding hydrogens is 264 g/mol. The molecule has 0 aliphatic rings. The van der Waals surface area contributed by atoms with Gasteiger partial charge in [-0.2, -0.15) is 0 Å². The van der Waals surface area contributed by atoms with Crippen LogP contribution in [-0.4, -0.2) is 11.2 Å². The summed E-state index contributed by atoms with van der Waals surface area (Å²) < 4.78 is 7.62. The zero-order valence-electron chi connectivity index (χ0n) is 13.1. The van der Waals surface area contributed by atoms with Crippen LogP contribution >= 0.6 is 0 Å². The summed E-state index contributed by atoms with van der Waals surface area (Å²) in [5.41, 5.74) is 6.51. The zero-order chi connectivity index (χ0) is 15.4. The molecule has 1 heterocycles. The maximum atomic E-state index is 12.5. The van der Waals surface area contributed by atoms with E-state index in [-0.39, 0.29) is 5.56 Å². The largest absolute Gasteiger partial charge is 0.491 e. The Hall–Kier alpha value is -1.97. The standard InChI is InChI=1S/C17H24N2O2/c1-4-5-8-21-16-11-19(10-12(2)3)17(20)14-7-6-13(18)9-15(14)16/h6-7,9,11-12H,4-5,8,10,18H2,1-3H3. The van der Waals surface area contributed by atoms with E-state index in [2.05, 4.69) is 20.8 Å². The van der Waals surface area contributed by atoms with Gasteiger partial charge in [0.15, 0.2) is 0 Å². The quantitative estimate of drug-likeness (QED) is 0.654. The Morgan fingerprint density at radius 1 is 1.29 bits per heavy atom. The van der Waals surface area contributed by atoms with Gasteiger partial charge < -0.3 is 15.0 Å². The van der Waals surface area contributed by atoms with Gasteiger partial charge in [0.05, 0.1) is 12.0 Å². The number of ether oxygens (including phenoxy) is 1. The second-order valence-electron chi connectivity index (χ2n) is 5.85. The van der Waals surface area contributed by atoms with Crippen LogP contribution in [0.15, 0.2) is 29.2 Å². The average molecular weight is 288 g/mol. The smallest absolute Gasteiger partial charge is 0.258 e. The van der Waals surface area contributed by atoms with Gasteiger partial charge in [-0.1, -0.05) is 27.2 Å². The molecule has 0 fully saturated rings. The minimum absolute atomic E-state index is 0.0153. The minimum atomic E-state index is 0.0153. The van der Waals surface area contributed by atoms with Crippen molar-refractivity contribution in [3.63, 3.8) is 0 Å². The summed E-state index contributed by atoms with van der Waals surface area (Å²) in [6.45, 7) is 7.65. The third-order valence-corrected chi connectivity index (χ3v) is 3.39. The monoisotopic (exact) mass is 288 g/mol. The maximum Gasteiger partial charge on any atom is 0.258 e. The highest BCUT2D eigenvalue weighted by atomic mass is 16.5. The zero-order valence-corrected chi connectivity index (χ0v) is 13.1. The van der Waals surface area contributed by atoms with E-state index in [0.29, 0.717) is 30.1 Å². The van der Waals surface area contributed by atoms with E-state index in [0.717, 1.165) is 24.0 Å². The Morgan fingerprint density at radius 3 is 2.71 bits per heavy atom. The van der Waals surface area contributed by atoms with Gasteiger partial charge in [0.25, 0.3) is 5.56 Å². The number of fused-ring (bicyclic) bond motifs is 1. The van der Waals surface area contributed by atoms with E-state index in [1.807, 2.05) is 12.3 Å². The first-order valence-corrected chi connectivity index (χ1v) is 7.58. The molecule has 0 saturated heterocycles. The molecular formula is C17H24N2O2. The van der Waals surface area contributed by atoms with Crippen molar-refractivity contribution in [2.45, 2.75) is 40.2 Å². The van der Waals surface area contributed by atoms with Crippen molar-refractivity contribution in [1.82, 2.24) is 4.57 Å². The molecule has 0 spiro atoms. The van der Waals surface area contributed by atoms with Crippen molar-refractivity contribution in [3.8, 4) is 5.75 Å². The normalized spacial score (nSPS) is 11.2. The van der Waals surface area contributed by atoms with E-state index < -0.39 is 0 Å². The summed E-state index contributed by atoms with van der Waals surface area (Å²) >= 11 is 0. The lowest BCUT2D eigenvalue weighted by Crippen LogP contribution is -2.22. The SMILES string of the molecule is CCCCOc1cn(CC(C)C)c(=O)c2ccc(N)cc12. The molecule has 0 saturated carbocycles. The van der Waals surface area contributed by atoms with Gasteiger partial charge in [0, 0.05) is 23.8 Å². The lowest BCUT2D eigenvalue weighted by molar-refractivity contribution is 0.309. The number of hydrogen-bond donors (Lipinski definition) is 1. The van der Waals surface area contributed by atoms with Crippen LogP contribution in [0.25, 0.3) is 10.8 Å². The number of nitrogens with zero attached hydrogens (tertiary/aromatic N) is 1. The van der Waals surface area contributed by atoms with E-state index >= 15 is 0 Å². The molecule has 0 radical (unpaired) electrons. The molecule has 21 heavy (non-hydrogen) atoms. The van der Waals surface area contributed by atoms with Crippen LogP contribution in [-0.2, 0) is 6.54 Å². The number of unbranched alkanes of at least 4 members (excludes halogenated alkanes) is 1. The van der Waals surface area contributed by atoms with Gasteiger partial charge in [-0.05, 0) is 30.5 Å². The molecule has 1 aromatic carbocycles. The van der Waals surface area contributed by atoms with Crippen LogP contribution in [0, 0.1) is 5.92 Å². The summed E-state index contributed by atoms with van der Waals surface area (Å²) in [4.78, 5) is 12.5. The first-order chi connectivity index (χ1) is 10.0. The van der Waals surface area contributed by atoms with E-state index in [1.165, 1.54) is 0 Å². The number of nitrogen functional groups attached to an aromatic ring is 1. The van der Waals surface area contributed by atoms with Crippen LogP contribution < -0.4 is 16.0 Å². The molecule has 0 unspecified atom stereocenters. The highest BCUT2D eigenvalue weighted by Gasteiger charge is 2.11. The predicted molar refractivity (Wildman–Crippen MR) is 87.9 cm³/mol. The number of rotatable bonds is 6. The van der Waals surface area contributed by atoms with Crippen molar-refractivity contribution in [1.29, 1.82) is 0 Å². The predicted octanol–water partition coefficient (Wildman–Crippen LogP) is 3.42. The van der Waals surface area contributed by atoms with Crippen molar-refractivity contribution >= 4 is 16.5 Å². The molecule has 4 heteroatoms. The van der Waals surface area contributed by atoms with Crippen LogP contribution in [0.4, 0.5) is 5.69 Å². The molecule has 2 aromatic rings. The van der Waals surface area contributed by atoms with Crippen LogP contribution in [0.1, 0.15) is 33.6 Å². The fourth-order valence-electron chi connectivity index (χ4n) is 2.35. The molecule has 2 rings (SSSR count). The Bertz CT molecular complexity index is 674. The fourth-order valence-corrected chi connectivity index (χ4v) is 2.35. The van der Waals surface area contributed by atoms with Crippen LogP contribution in [0.5, 0.6) is 5.75 Å². The van der Waals surface area contributed by atoms with Crippen LogP contribution in [0.3, 0.4) is 0 Å². The topological polar surface area (TPSA) is 57.2 Å². The first-order valence-electron chi connectivity index (χ1n) is 7.58. The summed E-state index contributed by atoms with van der Waals surface area (Å²) in [6.07, 6.45) is 3.89. The Balaban J connectivity index is 2.54. The third-order valence-electron chi connectivity index (χ3n) is 3.39. The molecule has 114 valence electrons. The summed E-state index contributed by atoms with van der Waals surface area (Å²) in [7, 11) is 0. The molecule has 0 bridgehead atoms. The molecule has 2 N–H and O–H groups in total. The third kappa shape index (κ3) is 3.57. The van der Waals surface area contributed by atoms with Crippen LogP contribution in [0.2, 0.25) is 0 Å². The van der Waals surface area contributed by atoms with Gasteiger partial charge in [-0.15, -0.1) is 0 Å². The van der Waals surface area contributed by atoms with Gasteiger partial charge in [-0.25, -0.2) is 0 Å². The Morgan fingerprint density at radius 2 is 2.05 bits per heavy atom. The minimum Gasteiger partial charge on any atom is -0.491 e. The number of benzene rings is 1. The summed E-state index contributed by atoms with van der Waals surface area (Å²) in [6, 6.07) is 5.37. The van der Waals surface area contributed by atoms with E-state index in [9.17, 15) is 4.79 Å². The van der Waals surface area contributed by atoms with Gasteiger partial charge >= 0.3 is 0 Å². The van der Waals surface area contributed by atoms with E-state index in [4.69, 9.17) is 10.5 Å². The molecule has 1 aromatic heterocycles. The number of nitrogens with two attached hydrogens (primary N) is 1. The molecule has 0 amide bonds. The molecule has 0 atom stereocenters. The number of anilines is 1. The second-order valence-corrected chi connectivity index (χ2v) is 5.85. The summed E-state index contributed by atoms with van der Waals surface area (Å²) in [5, 5.41) is 1.47. The van der Waals surface area contributed by atoms with E-state index in [1.54, 1.807) is 16.7 Å². The number of pyridine rings is 1. The average Bonchev–Trinajstić information content (AvgIpc) is 2.43. The van der Waals surface area contributed by atoms with Gasteiger partial charge in [0.1, 0.15) is 5.75 Å². The number of aromatic nitrogens is 1. The summed E-state index contributed by atoms with van der Waals surface area (Å²) in [5.74, 6) is 1.14. The van der Waals surface area contributed by atoms with Gasteiger partial charge in [0.2, 0.25) is 0 Å². The highest BCUT2D eigenvalue weighted by Crippen LogP contribution is 2.25. The molecule has 0 aliphatic heterocycles. The lowest BCUT2D eigenvalue weighted by Gasteiger charge is -2.15. The molecule has 4 nitrogen and oxygen atoms in total. The van der Waals surface area contributed by atoms with Crippen molar-refractivity contribution < 1.29 is 4.74 Å². The fraction of sp³-hybridized carbons (Fsp3) is 0.471. The van der Waals surface area contributed by atoms with Crippen molar-refractivity contribution in [3.05, 3.63) is 34.7 Å². The Kier molecular flexibility index (Phi) is 4.89. The maximum absolute atomic E-state index is 12.5. The molecule has 0 aliphatic carbocycles. The highest BCUT2D eigenvalue weighted by molar-refractivity contribution is 5.89. The number of hydrogen-bond acceptors (Lipinski definition) is 3. The second kappa shape index (κ2) is 6.66. The van der Waals surface area contributed by atoms with Gasteiger partial charge in [-0.3, -0.25) is 4.79 Å². The van der Waals surface area contributed by atoms with Crippen molar-refractivity contribution in [2.24, 2.45) is 5.92 Å². The Labute approximate surface area is 125 Å². The lowest BCUT2D eigenvalue weighted by atomic mass is 10.1. The first kappa shape index (κ1) is 15.4. The van der Waals surface area contributed by atoms with Crippen molar-refractivity contribution in [2.75, 3.05) is 12.3 Å².